The van der Waals surface area contributed by atoms with Gasteiger partial charge in [0.2, 0.25) is 5.78 Å². The first-order valence-electron chi connectivity index (χ1n) is 10.5. The molecule has 0 bridgehead atoms. The third-order valence-corrected chi connectivity index (χ3v) is 6.22. The summed E-state index contributed by atoms with van der Waals surface area (Å²) in [6.07, 6.45) is 5.90. The van der Waals surface area contributed by atoms with Crippen LogP contribution in [0.25, 0.3) is 5.57 Å². The molecule has 1 aromatic heterocycles. The first-order chi connectivity index (χ1) is 13.6. The van der Waals surface area contributed by atoms with E-state index in [1.165, 1.54) is 16.0 Å². The van der Waals surface area contributed by atoms with E-state index in [1.807, 2.05) is 0 Å². The van der Waals surface area contributed by atoms with Gasteiger partial charge in [0.25, 0.3) is 0 Å². The van der Waals surface area contributed by atoms with Crippen LogP contribution >= 0.6 is 0 Å². The van der Waals surface area contributed by atoms with Crippen LogP contribution in [0.15, 0.2) is 42.5 Å². The molecule has 4 nitrogen and oxygen atoms in total. The van der Waals surface area contributed by atoms with Gasteiger partial charge in [-0.05, 0) is 50.0 Å². The van der Waals surface area contributed by atoms with Crippen LogP contribution in [0.1, 0.15) is 46.6 Å². The van der Waals surface area contributed by atoms with E-state index in [-0.39, 0.29) is 5.78 Å². The van der Waals surface area contributed by atoms with Crippen molar-refractivity contribution in [3.05, 3.63) is 65.0 Å². The third-order valence-electron chi connectivity index (χ3n) is 6.22. The Labute approximate surface area is 167 Å². The standard InChI is InChI=1S/C24H30N2O2/c1-18-15-23(19(2)26(18)16-22-9-6-14-28-22)24(27)17-25-12-10-21(11-13-25)20-7-4-3-5-8-20/h3-5,7-8,10,15,22H,6,9,11-14,16-17H2,1-2H3/p+1/t22-/m1/s1. The van der Waals surface area contributed by atoms with Crippen LogP contribution in [-0.4, -0.2) is 42.7 Å². The highest BCUT2D eigenvalue weighted by Gasteiger charge is 2.24. The number of carbonyl (C=O) groups is 1. The minimum atomic E-state index is 0.262. The van der Waals surface area contributed by atoms with Crippen LogP contribution in [0.4, 0.5) is 0 Å². The SMILES string of the molecule is Cc1cc(C(=O)C[NH+]2CC=C(c3ccccc3)CC2)c(C)n1C[C@H]1CCCO1. The molecule has 0 radical (unpaired) electrons. The zero-order valence-corrected chi connectivity index (χ0v) is 17.0. The molecule has 28 heavy (non-hydrogen) atoms. The maximum Gasteiger partial charge on any atom is 0.218 e. The van der Waals surface area contributed by atoms with E-state index in [2.05, 4.69) is 60.9 Å². The highest BCUT2D eigenvalue weighted by atomic mass is 16.5. The normalized spacial score (nSPS) is 22.3. The van der Waals surface area contributed by atoms with Gasteiger partial charge in [-0.25, -0.2) is 0 Å². The molecule has 0 aliphatic carbocycles. The molecule has 2 aliphatic heterocycles. The van der Waals surface area contributed by atoms with Crippen LogP contribution in [0.2, 0.25) is 0 Å². The number of benzene rings is 1. The van der Waals surface area contributed by atoms with E-state index < -0.39 is 0 Å². The molecule has 1 unspecified atom stereocenters. The van der Waals surface area contributed by atoms with Gasteiger partial charge < -0.3 is 14.2 Å². The fraction of sp³-hybridized carbons (Fsp3) is 0.458. The Morgan fingerprint density at radius 3 is 2.75 bits per heavy atom. The molecule has 1 fully saturated rings. The fourth-order valence-electron chi connectivity index (χ4n) is 4.54. The zero-order valence-electron chi connectivity index (χ0n) is 17.0. The van der Waals surface area contributed by atoms with Crippen LogP contribution in [0, 0.1) is 13.8 Å². The summed E-state index contributed by atoms with van der Waals surface area (Å²) in [5.41, 5.74) is 5.86. The van der Waals surface area contributed by atoms with Gasteiger partial charge in [-0.1, -0.05) is 30.3 Å². The largest absolute Gasteiger partial charge is 0.376 e. The van der Waals surface area contributed by atoms with Crippen LogP contribution in [0.5, 0.6) is 0 Å². The molecule has 0 amide bonds. The lowest BCUT2D eigenvalue weighted by Crippen LogP contribution is -3.13. The number of aryl methyl sites for hydroxylation is 1. The topological polar surface area (TPSA) is 35.7 Å². The van der Waals surface area contributed by atoms with Crippen molar-refractivity contribution in [3.63, 3.8) is 0 Å². The maximum absolute atomic E-state index is 13.0. The summed E-state index contributed by atoms with van der Waals surface area (Å²) in [6.45, 7) is 8.42. The predicted molar refractivity (Wildman–Crippen MR) is 112 cm³/mol. The summed E-state index contributed by atoms with van der Waals surface area (Å²) in [7, 11) is 0. The summed E-state index contributed by atoms with van der Waals surface area (Å²) in [6, 6.07) is 12.6. The Morgan fingerprint density at radius 2 is 2.07 bits per heavy atom. The van der Waals surface area contributed by atoms with Crippen LogP contribution < -0.4 is 4.90 Å². The molecule has 2 atom stereocenters. The van der Waals surface area contributed by atoms with Gasteiger partial charge in [-0.2, -0.15) is 0 Å². The van der Waals surface area contributed by atoms with Crippen molar-refractivity contribution in [1.29, 1.82) is 0 Å². The average Bonchev–Trinajstić information content (AvgIpc) is 3.33. The molecule has 2 aromatic rings. The lowest BCUT2D eigenvalue weighted by atomic mass is 9.99. The van der Waals surface area contributed by atoms with Crippen molar-refractivity contribution in [2.24, 2.45) is 0 Å². The van der Waals surface area contributed by atoms with E-state index in [9.17, 15) is 4.79 Å². The number of aromatic nitrogens is 1. The van der Waals surface area contributed by atoms with E-state index in [4.69, 9.17) is 4.74 Å². The average molecular weight is 380 g/mol. The number of carbonyl (C=O) groups excluding carboxylic acids is 1. The van der Waals surface area contributed by atoms with Crippen molar-refractivity contribution < 1.29 is 14.4 Å². The Hall–Kier alpha value is -2.17. The lowest BCUT2D eigenvalue weighted by Gasteiger charge is -2.23. The van der Waals surface area contributed by atoms with Crippen molar-refractivity contribution >= 4 is 11.4 Å². The van der Waals surface area contributed by atoms with Crippen molar-refractivity contribution in [3.8, 4) is 0 Å². The van der Waals surface area contributed by atoms with Gasteiger partial charge in [0.1, 0.15) is 6.54 Å². The number of nitrogens with zero attached hydrogens (tertiary/aromatic N) is 1. The van der Waals surface area contributed by atoms with Gasteiger partial charge in [0.15, 0.2) is 0 Å². The predicted octanol–water partition coefficient (Wildman–Crippen LogP) is 2.84. The summed E-state index contributed by atoms with van der Waals surface area (Å²) in [5.74, 6) is 0.262. The van der Waals surface area contributed by atoms with Crippen LogP contribution in [-0.2, 0) is 11.3 Å². The van der Waals surface area contributed by atoms with E-state index in [0.717, 1.165) is 62.5 Å². The van der Waals surface area contributed by atoms with Crippen molar-refractivity contribution in [1.82, 2.24) is 4.57 Å². The van der Waals surface area contributed by atoms with E-state index >= 15 is 0 Å². The van der Waals surface area contributed by atoms with E-state index in [1.54, 1.807) is 0 Å². The first-order valence-corrected chi connectivity index (χ1v) is 10.5. The van der Waals surface area contributed by atoms with Gasteiger partial charge >= 0.3 is 0 Å². The molecule has 0 spiro atoms. The maximum atomic E-state index is 13.0. The zero-order chi connectivity index (χ0) is 19.5. The van der Waals surface area contributed by atoms with E-state index in [0.29, 0.717) is 12.6 Å². The molecule has 1 N–H and O–H groups in total. The Morgan fingerprint density at radius 1 is 1.25 bits per heavy atom. The number of quaternary nitrogens is 1. The molecule has 4 rings (SSSR count). The molecular weight excluding hydrogens is 348 g/mol. The second-order valence-electron chi connectivity index (χ2n) is 8.18. The second kappa shape index (κ2) is 8.46. The second-order valence-corrected chi connectivity index (χ2v) is 8.18. The molecular formula is C24H31N2O2+. The number of Topliss-reactive ketones (excluding diaryl/α,β-unsaturated/α-hetero) is 1. The summed E-state index contributed by atoms with van der Waals surface area (Å²) >= 11 is 0. The molecule has 148 valence electrons. The minimum absolute atomic E-state index is 0.262. The minimum Gasteiger partial charge on any atom is -0.376 e. The van der Waals surface area contributed by atoms with Gasteiger partial charge in [0, 0.05) is 36.5 Å². The molecule has 1 aromatic carbocycles. The van der Waals surface area contributed by atoms with Crippen molar-refractivity contribution in [2.75, 3.05) is 26.2 Å². The van der Waals surface area contributed by atoms with Crippen molar-refractivity contribution in [2.45, 2.75) is 45.8 Å². The molecule has 2 aliphatic rings. The molecule has 3 heterocycles. The Balaban J connectivity index is 1.40. The smallest absolute Gasteiger partial charge is 0.218 e. The van der Waals surface area contributed by atoms with Gasteiger partial charge in [0.05, 0.1) is 19.2 Å². The number of ether oxygens (including phenoxy) is 1. The fourth-order valence-corrected chi connectivity index (χ4v) is 4.54. The number of rotatable bonds is 6. The first kappa shape index (κ1) is 19.2. The summed E-state index contributed by atoms with van der Waals surface area (Å²) in [4.78, 5) is 14.4. The Bertz CT molecular complexity index is 860. The summed E-state index contributed by atoms with van der Waals surface area (Å²) < 4.78 is 8.05. The Kier molecular flexibility index (Phi) is 5.79. The monoisotopic (exact) mass is 379 g/mol. The quantitative estimate of drug-likeness (QED) is 0.784. The number of hydrogen-bond acceptors (Lipinski definition) is 2. The number of nitrogens with one attached hydrogen (secondary N) is 1. The third kappa shape index (κ3) is 4.13. The van der Waals surface area contributed by atoms with Crippen LogP contribution in [0.3, 0.4) is 0 Å². The summed E-state index contributed by atoms with van der Waals surface area (Å²) in [5, 5.41) is 0. The highest BCUT2D eigenvalue weighted by Crippen LogP contribution is 2.21. The molecule has 4 heteroatoms. The van der Waals surface area contributed by atoms with Gasteiger partial charge in [-0.15, -0.1) is 0 Å². The lowest BCUT2D eigenvalue weighted by molar-refractivity contribution is -0.886. The highest BCUT2D eigenvalue weighted by molar-refractivity contribution is 5.98. The molecule has 1 saturated heterocycles. The number of ketones is 1. The molecule has 0 saturated carbocycles. The van der Waals surface area contributed by atoms with Gasteiger partial charge in [-0.3, -0.25) is 4.79 Å². The number of hydrogen-bond donors (Lipinski definition) is 1.